The van der Waals surface area contributed by atoms with Gasteiger partial charge < -0.3 is 19.1 Å². The number of hydrogen-bond donors (Lipinski definition) is 0. The molecule has 2 fully saturated rings. The van der Waals surface area contributed by atoms with Crippen molar-refractivity contribution in [1.29, 1.82) is 0 Å². The Morgan fingerprint density at radius 3 is 2.68 bits per heavy atom. The summed E-state index contributed by atoms with van der Waals surface area (Å²) in [7, 11) is 3.26. The van der Waals surface area contributed by atoms with Crippen LogP contribution in [0.15, 0.2) is 18.2 Å². The lowest BCUT2D eigenvalue weighted by Crippen LogP contribution is -2.38. The quantitative estimate of drug-likeness (QED) is 0.858. The van der Waals surface area contributed by atoms with Gasteiger partial charge in [-0.2, -0.15) is 0 Å². The monoisotopic (exact) mass is 305 g/mol. The number of methoxy groups -OCH3 is 2. The smallest absolute Gasteiger partial charge is 0.252 e. The Bertz CT molecular complexity index is 539. The van der Waals surface area contributed by atoms with Crippen molar-refractivity contribution < 1.29 is 19.0 Å². The molecule has 120 valence electrons. The van der Waals surface area contributed by atoms with Gasteiger partial charge >= 0.3 is 0 Å². The zero-order chi connectivity index (χ0) is 15.5. The summed E-state index contributed by atoms with van der Waals surface area (Å²) in [6.07, 6.45) is 3.57. The second-order valence-corrected chi connectivity index (χ2v) is 5.81. The molecule has 0 bridgehead atoms. The topological polar surface area (TPSA) is 48.0 Å². The Hall–Kier alpha value is -1.75. The van der Waals surface area contributed by atoms with Crippen molar-refractivity contribution in [2.45, 2.75) is 37.8 Å². The lowest BCUT2D eigenvalue weighted by atomic mass is 10.0. The molecule has 2 atom stereocenters. The second kappa shape index (κ2) is 6.57. The fourth-order valence-corrected chi connectivity index (χ4v) is 3.39. The highest BCUT2D eigenvalue weighted by Crippen LogP contribution is 2.37. The van der Waals surface area contributed by atoms with E-state index in [1.807, 2.05) is 23.1 Å². The minimum Gasteiger partial charge on any atom is -0.493 e. The first-order valence-corrected chi connectivity index (χ1v) is 7.88. The Labute approximate surface area is 131 Å². The van der Waals surface area contributed by atoms with E-state index < -0.39 is 0 Å². The van der Waals surface area contributed by atoms with Crippen LogP contribution in [0.1, 0.15) is 37.3 Å². The number of carbonyl (C=O) groups is 1. The molecule has 0 aliphatic carbocycles. The first-order chi connectivity index (χ1) is 10.7. The number of rotatable bonds is 4. The summed E-state index contributed by atoms with van der Waals surface area (Å²) >= 11 is 0. The molecule has 1 amide bonds. The molecule has 5 nitrogen and oxygen atoms in total. The number of carbonyl (C=O) groups excluding carboxylic acids is 1. The highest BCUT2D eigenvalue weighted by Gasteiger charge is 2.36. The van der Waals surface area contributed by atoms with Crippen molar-refractivity contribution in [3.63, 3.8) is 0 Å². The number of amides is 1. The van der Waals surface area contributed by atoms with Gasteiger partial charge in [-0.15, -0.1) is 0 Å². The molecule has 3 rings (SSSR count). The van der Waals surface area contributed by atoms with Crippen LogP contribution in [0.25, 0.3) is 0 Å². The van der Waals surface area contributed by atoms with Gasteiger partial charge in [-0.1, -0.05) is 6.07 Å². The van der Waals surface area contributed by atoms with Gasteiger partial charge in [0, 0.05) is 13.2 Å². The van der Waals surface area contributed by atoms with Crippen LogP contribution in [0.4, 0.5) is 0 Å². The normalized spacial score (nSPS) is 24.5. The Morgan fingerprint density at radius 2 is 2.00 bits per heavy atom. The summed E-state index contributed by atoms with van der Waals surface area (Å²) in [6.45, 7) is 1.50. The molecule has 0 radical (unpaired) electrons. The van der Waals surface area contributed by atoms with Crippen LogP contribution >= 0.6 is 0 Å². The van der Waals surface area contributed by atoms with Crippen molar-refractivity contribution in [2.75, 3.05) is 27.4 Å². The predicted octanol–water partition coefficient (Wildman–Crippen LogP) is 2.55. The summed E-state index contributed by atoms with van der Waals surface area (Å²) in [5.74, 6) is 1.55. The molecule has 2 saturated heterocycles. The molecule has 0 unspecified atom stereocenters. The van der Waals surface area contributed by atoms with Gasteiger partial charge in [0.1, 0.15) is 6.10 Å². The molecular formula is C17H23NO4. The summed E-state index contributed by atoms with van der Waals surface area (Å²) in [5.41, 5.74) is 1.10. The van der Waals surface area contributed by atoms with Crippen LogP contribution in [-0.4, -0.2) is 44.3 Å². The maximum Gasteiger partial charge on any atom is 0.252 e. The van der Waals surface area contributed by atoms with Crippen LogP contribution < -0.4 is 9.47 Å². The van der Waals surface area contributed by atoms with Crippen molar-refractivity contribution in [2.24, 2.45) is 0 Å². The maximum atomic E-state index is 12.7. The van der Waals surface area contributed by atoms with Gasteiger partial charge in [-0.05, 0) is 43.4 Å². The van der Waals surface area contributed by atoms with Crippen LogP contribution in [0.2, 0.25) is 0 Å². The van der Waals surface area contributed by atoms with E-state index in [4.69, 9.17) is 14.2 Å². The van der Waals surface area contributed by atoms with E-state index in [1.54, 1.807) is 14.2 Å². The Balaban J connectivity index is 1.82. The lowest BCUT2D eigenvalue weighted by molar-refractivity contribution is -0.141. The molecule has 2 heterocycles. The third-order valence-electron chi connectivity index (χ3n) is 4.53. The van der Waals surface area contributed by atoms with Crippen LogP contribution in [0.3, 0.4) is 0 Å². The van der Waals surface area contributed by atoms with Gasteiger partial charge in [0.25, 0.3) is 5.91 Å². The highest BCUT2D eigenvalue weighted by molar-refractivity contribution is 5.82. The molecule has 1 aromatic carbocycles. The fraction of sp³-hybridized carbons (Fsp3) is 0.588. The SMILES string of the molecule is COc1ccc([C@H]2CCCN2C(=O)[C@@H]2CCCO2)cc1OC. The Kier molecular flexibility index (Phi) is 4.52. The molecule has 22 heavy (non-hydrogen) atoms. The lowest BCUT2D eigenvalue weighted by Gasteiger charge is -2.27. The third kappa shape index (κ3) is 2.77. The van der Waals surface area contributed by atoms with E-state index in [0.717, 1.165) is 37.8 Å². The zero-order valence-corrected chi connectivity index (χ0v) is 13.2. The molecule has 2 aliphatic rings. The van der Waals surface area contributed by atoms with Crippen LogP contribution in [-0.2, 0) is 9.53 Å². The van der Waals surface area contributed by atoms with Gasteiger partial charge in [-0.3, -0.25) is 4.79 Å². The van der Waals surface area contributed by atoms with E-state index in [1.165, 1.54) is 0 Å². The average molecular weight is 305 g/mol. The number of likely N-dealkylation sites (tertiary alicyclic amines) is 1. The molecular weight excluding hydrogens is 282 g/mol. The molecule has 1 aromatic rings. The van der Waals surface area contributed by atoms with E-state index in [9.17, 15) is 4.79 Å². The van der Waals surface area contributed by atoms with E-state index in [-0.39, 0.29) is 18.1 Å². The summed E-state index contributed by atoms with van der Waals surface area (Å²) < 4.78 is 16.2. The standard InChI is InChI=1S/C17H23NO4/c1-20-14-8-7-12(11-16(14)21-2)13-5-3-9-18(13)17(19)15-6-4-10-22-15/h7-8,11,13,15H,3-6,9-10H2,1-2H3/t13-,15+/m1/s1. The number of nitrogens with zero attached hydrogens (tertiary/aromatic N) is 1. The predicted molar refractivity (Wildman–Crippen MR) is 82.2 cm³/mol. The molecule has 0 aromatic heterocycles. The first-order valence-electron chi connectivity index (χ1n) is 7.88. The van der Waals surface area contributed by atoms with Gasteiger partial charge in [0.2, 0.25) is 0 Å². The number of hydrogen-bond acceptors (Lipinski definition) is 4. The largest absolute Gasteiger partial charge is 0.493 e. The summed E-state index contributed by atoms with van der Waals surface area (Å²) in [6, 6.07) is 6.01. The van der Waals surface area contributed by atoms with Crippen molar-refractivity contribution in [3.8, 4) is 11.5 Å². The van der Waals surface area contributed by atoms with E-state index in [2.05, 4.69) is 0 Å². The molecule has 2 aliphatic heterocycles. The maximum absolute atomic E-state index is 12.7. The molecule has 0 saturated carbocycles. The van der Waals surface area contributed by atoms with Crippen LogP contribution in [0.5, 0.6) is 11.5 Å². The average Bonchev–Trinajstić information content (AvgIpc) is 3.24. The minimum atomic E-state index is -0.249. The van der Waals surface area contributed by atoms with Gasteiger partial charge in [-0.25, -0.2) is 0 Å². The van der Waals surface area contributed by atoms with Crippen molar-refractivity contribution in [3.05, 3.63) is 23.8 Å². The van der Waals surface area contributed by atoms with Crippen molar-refractivity contribution in [1.82, 2.24) is 4.90 Å². The van der Waals surface area contributed by atoms with Crippen LogP contribution in [0, 0.1) is 0 Å². The molecule has 0 N–H and O–H groups in total. The molecule has 0 spiro atoms. The van der Waals surface area contributed by atoms with E-state index in [0.29, 0.717) is 18.1 Å². The second-order valence-electron chi connectivity index (χ2n) is 5.81. The van der Waals surface area contributed by atoms with Crippen molar-refractivity contribution >= 4 is 5.91 Å². The number of benzene rings is 1. The van der Waals surface area contributed by atoms with Gasteiger partial charge in [0.15, 0.2) is 11.5 Å². The summed E-state index contributed by atoms with van der Waals surface area (Å²) in [4.78, 5) is 14.6. The van der Waals surface area contributed by atoms with E-state index >= 15 is 0 Å². The number of ether oxygens (including phenoxy) is 3. The zero-order valence-electron chi connectivity index (χ0n) is 13.2. The fourth-order valence-electron chi connectivity index (χ4n) is 3.39. The Morgan fingerprint density at radius 1 is 1.18 bits per heavy atom. The van der Waals surface area contributed by atoms with Gasteiger partial charge in [0.05, 0.1) is 20.3 Å². The first kappa shape index (κ1) is 15.2. The summed E-state index contributed by atoms with van der Waals surface area (Å²) in [5, 5.41) is 0. The third-order valence-corrected chi connectivity index (χ3v) is 4.53. The minimum absolute atomic E-state index is 0.108. The molecule has 5 heteroatoms. The highest BCUT2D eigenvalue weighted by atomic mass is 16.5.